The second-order valence-corrected chi connectivity index (χ2v) is 5.65. The smallest absolute Gasteiger partial charge is 0.262 e. The van der Waals surface area contributed by atoms with E-state index in [9.17, 15) is 10.1 Å². The highest BCUT2D eigenvalue weighted by Crippen LogP contribution is 2.28. The number of methoxy groups -OCH3 is 2. The molecule has 1 saturated heterocycles. The highest BCUT2D eigenvalue weighted by Gasteiger charge is 2.15. The van der Waals surface area contributed by atoms with Gasteiger partial charge >= 0.3 is 0 Å². The summed E-state index contributed by atoms with van der Waals surface area (Å²) in [4.78, 5) is 13.6. The van der Waals surface area contributed by atoms with Gasteiger partial charge in [0.2, 0.25) is 0 Å². The van der Waals surface area contributed by atoms with Crippen LogP contribution in [-0.2, 0) is 9.53 Å². The number of quaternary nitrogens is 1. The van der Waals surface area contributed by atoms with Crippen LogP contribution in [0.1, 0.15) is 5.56 Å². The first-order chi connectivity index (χ1) is 12.2. The van der Waals surface area contributed by atoms with E-state index in [0.29, 0.717) is 23.6 Å². The van der Waals surface area contributed by atoms with Crippen LogP contribution in [-0.4, -0.2) is 59.5 Å². The minimum atomic E-state index is -0.370. The zero-order chi connectivity index (χ0) is 18.1. The van der Waals surface area contributed by atoms with Gasteiger partial charge in [0, 0.05) is 0 Å². The van der Waals surface area contributed by atoms with Crippen molar-refractivity contribution in [3.05, 3.63) is 29.3 Å². The molecule has 1 aromatic rings. The Morgan fingerprint density at radius 1 is 1.32 bits per heavy atom. The van der Waals surface area contributed by atoms with Crippen molar-refractivity contribution in [2.75, 3.05) is 53.6 Å². The van der Waals surface area contributed by atoms with E-state index >= 15 is 0 Å². The van der Waals surface area contributed by atoms with E-state index in [0.717, 1.165) is 32.8 Å². The summed E-state index contributed by atoms with van der Waals surface area (Å²) in [5, 5.41) is 12.1. The van der Waals surface area contributed by atoms with Crippen LogP contribution in [0, 0.1) is 11.3 Å². The van der Waals surface area contributed by atoms with Crippen LogP contribution in [0.4, 0.5) is 0 Å². The van der Waals surface area contributed by atoms with E-state index in [4.69, 9.17) is 14.2 Å². The number of nitriles is 1. The van der Waals surface area contributed by atoms with Gasteiger partial charge in [0.05, 0.1) is 40.5 Å². The quantitative estimate of drug-likeness (QED) is 0.520. The fourth-order valence-corrected chi connectivity index (χ4v) is 2.62. The van der Waals surface area contributed by atoms with Gasteiger partial charge in [-0.3, -0.25) is 4.79 Å². The number of nitrogens with one attached hydrogen (secondary N) is 2. The number of ether oxygens (including phenoxy) is 3. The van der Waals surface area contributed by atoms with Crippen LogP contribution in [0.25, 0.3) is 6.08 Å². The highest BCUT2D eigenvalue weighted by atomic mass is 16.5. The molecule has 0 bridgehead atoms. The molecule has 134 valence electrons. The fraction of sp³-hybridized carbons (Fsp3) is 0.444. The molecule has 0 aromatic heterocycles. The van der Waals surface area contributed by atoms with E-state index in [1.165, 1.54) is 12.0 Å². The summed E-state index contributed by atoms with van der Waals surface area (Å²) in [7, 11) is 3.09. The third-order valence-corrected chi connectivity index (χ3v) is 4.05. The third-order valence-electron chi connectivity index (χ3n) is 4.05. The maximum atomic E-state index is 12.2. The van der Waals surface area contributed by atoms with Gasteiger partial charge in [0.15, 0.2) is 11.5 Å². The van der Waals surface area contributed by atoms with E-state index in [2.05, 4.69) is 5.32 Å². The molecule has 1 amide bonds. The largest absolute Gasteiger partial charge is 0.493 e. The Labute approximate surface area is 147 Å². The molecule has 1 fully saturated rings. The molecule has 0 spiro atoms. The van der Waals surface area contributed by atoms with Crippen LogP contribution >= 0.6 is 0 Å². The van der Waals surface area contributed by atoms with Crippen molar-refractivity contribution >= 4 is 12.0 Å². The molecule has 1 aliphatic heterocycles. The Kier molecular flexibility index (Phi) is 7.26. The Hall–Kier alpha value is -2.56. The summed E-state index contributed by atoms with van der Waals surface area (Å²) in [6.45, 7) is 4.76. The Morgan fingerprint density at radius 2 is 2.04 bits per heavy atom. The maximum absolute atomic E-state index is 12.2. The summed E-state index contributed by atoms with van der Waals surface area (Å²) in [5.41, 5.74) is 0.757. The third kappa shape index (κ3) is 5.48. The van der Waals surface area contributed by atoms with Gasteiger partial charge in [-0.25, -0.2) is 0 Å². The number of hydrogen-bond acceptors (Lipinski definition) is 5. The molecule has 1 heterocycles. The van der Waals surface area contributed by atoms with Crippen LogP contribution in [0.15, 0.2) is 23.8 Å². The number of carbonyl (C=O) groups is 1. The first-order valence-corrected chi connectivity index (χ1v) is 8.21. The van der Waals surface area contributed by atoms with Crippen molar-refractivity contribution < 1.29 is 23.9 Å². The fourth-order valence-electron chi connectivity index (χ4n) is 2.62. The standard InChI is InChI=1S/C18H23N3O4/c1-23-16-4-3-14(12-17(16)24-2)11-15(13-19)18(22)20-5-6-21-7-9-25-10-8-21/h3-4,11-12H,5-10H2,1-2H3,(H,20,22)/p+1/b15-11+. The molecule has 0 radical (unpaired) electrons. The normalized spacial score (nSPS) is 15.3. The van der Waals surface area contributed by atoms with Crippen LogP contribution in [0.3, 0.4) is 0 Å². The maximum Gasteiger partial charge on any atom is 0.262 e. The Morgan fingerprint density at radius 3 is 2.68 bits per heavy atom. The number of morpholine rings is 1. The molecule has 2 rings (SSSR count). The molecule has 25 heavy (non-hydrogen) atoms. The summed E-state index contributed by atoms with van der Waals surface area (Å²) in [5.74, 6) is 0.769. The lowest BCUT2D eigenvalue weighted by Crippen LogP contribution is -3.14. The van der Waals surface area contributed by atoms with Gasteiger partial charge in [-0.15, -0.1) is 0 Å². The Balaban J connectivity index is 1.96. The molecule has 0 aliphatic carbocycles. The number of benzene rings is 1. The number of amides is 1. The van der Waals surface area contributed by atoms with Gasteiger partial charge in [-0.05, 0) is 23.8 Å². The van der Waals surface area contributed by atoms with Gasteiger partial charge in [0.1, 0.15) is 24.7 Å². The number of hydrogen-bond donors (Lipinski definition) is 2. The molecule has 0 saturated carbocycles. The number of rotatable bonds is 7. The molecule has 0 unspecified atom stereocenters. The van der Waals surface area contributed by atoms with E-state index in [1.54, 1.807) is 31.4 Å². The van der Waals surface area contributed by atoms with E-state index in [-0.39, 0.29) is 11.5 Å². The summed E-state index contributed by atoms with van der Waals surface area (Å²) in [6.07, 6.45) is 1.54. The van der Waals surface area contributed by atoms with Gasteiger partial charge in [-0.1, -0.05) is 6.07 Å². The lowest BCUT2D eigenvalue weighted by atomic mass is 10.1. The second kappa shape index (κ2) is 9.67. The topological polar surface area (TPSA) is 85.0 Å². The zero-order valence-electron chi connectivity index (χ0n) is 14.6. The molecular weight excluding hydrogens is 322 g/mol. The molecule has 1 aliphatic rings. The van der Waals surface area contributed by atoms with Crippen molar-refractivity contribution in [3.63, 3.8) is 0 Å². The lowest BCUT2D eigenvalue weighted by molar-refractivity contribution is -0.906. The van der Waals surface area contributed by atoms with Crippen LogP contribution < -0.4 is 19.7 Å². The molecule has 7 heteroatoms. The van der Waals surface area contributed by atoms with Crippen LogP contribution in [0.2, 0.25) is 0 Å². The Bertz CT molecular complexity index is 661. The minimum absolute atomic E-state index is 0.0594. The first kappa shape index (κ1) is 18.8. The van der Waals surface area contributed by atoms with Gasteiger partial charge in [0.25, 0.3) is 5.91 Å². The van der Waals surface area contributed by atoms with Crippen molar-refractivity contribution in [1.82, 2.24) is 5.32 Å². The van der Waals surface area contributed by atoms with Crippen molar-refractivity contribution in [2.24, 2.45) is 0 Å². The summed E-state index contributed by atoms with van der Waals surface area (Å²) in [6, 6.07) is 7.18. The SMILES string of the molecule is COc1ccc(/C=C(\C#N)C(=O)NCC[NH+]2CCOCC2)cc1OC. The summed E-state index contributed by atoms with van der Waals surface area (Å²) >= 11 is 0. The monoisotopic (exact) mass is 346 g/mol. The first-order valence-electron chi connectivity index (χ1n) is 8.21. The van der Waals surface area contributed by atoms with E-state index < -0.39 is 0 Å². The van der Waals surface area contributed by atoms with Gasteiger partial charge in [-0.2, -0.15) is 5.26 Å². The molecule has 2 N–H and O–H groups in total. The molecular formula is C18H24N3O4+. The highest BCUT2D eigenvalue weighted by molar-refractivity contribution is 6.01. The summed E-state index contributed by atoms with van der Waals surface area (Å²) < 4.78 is 15.7. The minimum Gasteiger partial charge on any atom is -0.493 e. The van der Waals surface area contributed by atoms with Gasteiger partial charge < -0.3 is 24.4 Å². The second-order valence-electron chi connectivity index (χ2n) is 5.65. The predicted molar refractivity (Wildman–Crippen MR) is 92.5 cm³/mol. The van der Waals surface area contributed by atoms with Crippen LogP contribution in [0.5, 0.6) is 11.5 Å². The van der Waals surface area contributed by atoms with Crippen molar-refractivity contribution in [1.29, 1.82) is 5.26 Å². The van der Waals surface area contributed by atoms with E-state index in [1.807, 2.05) is 6.07 Å². The molecule has 0 atom stereocenters. The predicted octanol–water partition coefficient (Wildman–Crippen LogP) is -0.358. The average Bonchev–Trinajstić information content (AvgIpc) is 2.66. The average molecular weight is 346 g/mol. The molecule has 7 nitrogen and oxygen atoms in total. The number of nitrogens with zero attached hydrogens (tertiary/aromatic N) is 1. The van der Waals surface area contributed by atoms with Crippen molar-refractivity contribution in [3.8, 4) is 17.6 Å². The number of carbonyl (C=O) groups excluding carboxylic acids is 1. The lowest BCUT2D eigenvalue weighted by Gasteiger charge is -2.23. The molecule has 1 aromatic carbocycles. The zero-order valence-corrected chi connectivity index (χ0v) is 14.6. The van der Waals surface area contributed by atoms with Crippen molar-refractivity contribution in [2.45, 2.75) is 0 Å².